The lowest BCUT2D eigenvalue weighted by atomic mass is 10.2. The Morgan fingerprint density at radius 3 is 3.00 bits per heavy atom. The van der Waals surface area contributed by atoms with E-state index < -0.39 is 0 Å². The predicted molar refractivity (Wildman–Crippen MR) is 71.6 cm³/mol. The van der Waals surface area contributed by atoms with Crippen molar-refractivity contribution in [2.24, 2.45) is 0 Å². The van der Waals surface area contributed by atoms with Gasteiger partial charge < -0.3 is 5.32 Å². The van der Waals surface area contributed by atoms with Crippen LogP contribution in [0, 0.1) is 5.82 Å². The van der Waals surface area contributed by atoms with Gasteiger partial charge in [0.25, 0.3) is 0 Å². The van der Waals surface area contributed by atoms with Crippen LogP contribution < -0.4 is 5.32 Å². The van der Waals surface area contributed by atoms with E-state index in [0.29, 0.717) is 4.47 Å². The Kier molecular flexibility index (Phi) is 4.65. The monoisotopic (exact) mass is 314 g/mol. The van der Waals surface area contributed by atoms with E-state index in [1.807, 2.05) is 11.6 Å². The van der Waals surface area contributed by atoms with Gasteiger partial charge in [-0.05, 0) is 33.6 Å². The molecular weight excluding hydrogens is 303 g/mol. The van der Waals surface area contributed by atoms with Crippen LogP contribution in [0.2, 0.25) is 0 Å². The van der Waals surface area contributed by atoms with Crippen LogP contribution in [0.5, 0.6) is 0 Å². The van der Waals surface area contributed by atoms with Crippen molar-refractivity contribution in [1.82, 2.24) is 10.3 Å². The number of benzene rings is 1. The maximum atomic E-state index is 13.0. The largest absolute Gasteiger partial charge is 0.312 e. The summed E-state index contributed by atoms with van der Waals surface area (Å²) in [5.74, 6) is -0.225. The first kappa shape index (κ1) is 12.7. The van der Waals surface area contributed by atoms with E-state index >= 15 is 0 Å². The Hall–Kier alpha value is -0.780. The van der Waals surface area contributed by atoms with Crippen molar-refractivity contribution in [1.29, 1.82) is 0 Å². The molecule has 0 atom stereocenters. The van der Waals surface area contributed by atoms with Gasteiger partial charge in [-0.15, -0.1) is 11.3 Å². The van der Waals surface area contributed by atoms with Crippen LogP contribution >= 0.6 is 27.3 Å². The Morgan fingerprint density at radius 2 is 2.29 bits per heavy atom. The topological polar surface area (TPSA) is 24.9 Å². The second kappa shape index (κ2) is 6.23. The molecule has 0 fully saturated rings. The molecule has 1 N–H and O–H groups in total. The van der Waals surface area contributed by atoms with Crippen LogP contribution in [0.4, 0.5) is 4.39 Å². The third-order valence-corrected chi connectivity index (χ3v) is 3.76. The molecule has 90 valence electrons. The van der Waals surface area contributed by atoms with Crippen LogP contribution in [0.15, 0.2) is 34.2 Å². The van der Waals surface area contributed by atoms with Crippen molar-refractivity contribution >= 4 is 27.3 Å². The molecule has 2 aromatic rings. The number of rotatable bonds is 5. The summed E-state index contributed by atoms with van der Waals surface area (Å²) in [5, 5.41) is 6.43. The van der Waals surface area contributed by atoms with Gasteiger partial charge in [0.15, 0.2) is 0 Å². The van der Waals surface area contributed by atoms with Gasteiger partial charge >= 0.3 is 0 Å². The average molecular weight is 315 g/mol. The SMILES string of the molecule is Fc1ccc(CNCCc2nccs2)cc1Br. The Labute approximate surface area is 112 Å². The molecule has 0 saturated heterocycles. The highest BCUT2D eigenvalue weighted by molar-refractivity contribution is 9.10. The third-order valence-electron chi connectivity index (χ3n) is 2.31. The Morgan fingerprint density at radius 1 is 1.41 bits per heavy atom. The zero-order chi connectivity index (χ0) is 12.1. The van der Waals surface area contributed by atoms with Crippen molar-refractivity contribution in [3.63, 3.8) is 0 Å². The number of hydrogen-bond donors (Lipinski definition) is 1. The molecule has 0 aliphatic carbocycles. The molecule has 1 heterocycles. The molecule has 1 aromatic heterocycles. The molecule has 5 heteroatoms. The van der Waals surface area contributed by atoms with Gasteiger partial charge in [-0.1, -0.05) is 6.07 Å². The van der Waals surface area contributed by atoms with Gasteiger partial charge in [0.05, 0.1) is 9.48 Å². The maximum absolute atomic E-state index is 13.0. The lowest BCUT2D eigenvalue weighted by Gasteiger charge is -2.04. The molecule has 0 aliphatic heterocycles. The Balaban J connectivity index is 1.76. The summed E-state index contributed by atoms with van der Waals surface area (Å²) < 4.78 is 13.5. The Bertz CT molecular complexity index is 473. The fraction of sp³-hybridized carbons (Fsp3) is 0.250. The van der Waals surface area contributed by atoms with Gasteiger partial charge in [0, 0.05) is 31.1 Å². The zero-order valence-corrected chi connectivity index (χ0v) is 11.5. The summed E-state index contributed by atoms with van der Waals surface area (Å²) in [6, 6.07) is 5.06. The molecule has 1 aromatic carbocycles. The van der Waals surface area contributed by atoms with E-state index in [1.54, 1.807) is 23.5 Å². The molecule has 0 aliphatic rings. The van der Waals surface area contributed by atoms with Crippen molar-refractivity contribution in [3.8, 4) is 0 Å². The number of nitrogens with one attached hydrogen (secondary N) is 1. The molecule has 17 heavy (non-hydrogen) atoms. The van der Waals surface area contributed by atoms with Crippen LogP contribution in [-0.4, -0.2) is 11.5 Å². The fourth-order valence-corrected chi connectivity index (χ4v) is 2.50. The first-order chi connectivity index (χ1) is 8.25. The lowest BCUT2D eigenvalue weighted by molar-refractivity contribution is 0.618. The summed E-state index contributed by atoms with van der Waals surface area (Å²) in [7, 11) is 0. The highest BCUT2D eigenvalue weighted by Gasteiger charge is 2.00. The van der Waals surface area contributed by atoms with Gasteiger partial charge in [0.2, 0.25) is 0 Å². The second-order valence-electron chi connectivity index (χ2n) is 3.60. The summed E-state index contributed by atoms with van der Waals surface area (Å²) in [6.07, 6.45) is 2.75. The third kappa shape index (κ3) is 3.87. The lowest BCUT2D eigenvalue weighted by Crippen LogP contribution is -2.16. The summed E-state index contributed by atoms with van der Waals surface area (Å²) >= 11 is 4.84. The fourth-order valence-electron chi connectivity index (χ4n) is 1.45. The van der Waals surface area contributed by atoms with Gasteiger partial charge in [-0.25, -0.2) is 9.37 Å². The maximum Gasteiger partial charge on any atom is 0.137 e. The number of nitrogens with zero attached hydrogens (tertiary/aromatic N) is 1. The van der Waals surface area contributed by atoms with Gasteiger partial charge in [-0.2, -0.15) is 0 Å². The molecule has 2 rings (SSSR count). The molecule has 0 unspecified atom stereocenters. The summed E-state index contributed by atoms with van der Waals surface area (Å²) in [5.41, 5.74) is 1.07. The smallest absolute Gasteiger partial charge is 0.137 e. The molecule has 0 bridgehead atoms. The van der Waals surface area contributed by atoms with Crippen molar-refractivity contribution in [3.05, 3.63) is 50.6 Å². The van der Waals surface area contributed by atoms with Crippen LogP contribution in [-0.2, 0) is 13.0 Å². The minimum atomic E-state index is -0.225. The average Bonchev–Trinajstić information content (AvgIpc) is 2.82. The minimum absolute atomic E-state index is 0.225. The highest BCUT2D eigenvalue weighted by atomic mass is 79.9. The first-order valence-electron chi connectivity index (χ1n) is 5.29. The van der Waals surface area contributed by atoms with Crippen molar-refractivity contribution in [2.45, 2.75) is 13.0 Å². The highest BCUT2D eigenvalue weighted by Crippen LogP contribution is 2.16. The molecule has 2 nitrogen and oxygen atoms in total. The van der Waals surface area contributed by atoms with Crippen LogP contribution in [0.3, 0.4) is 0 Å². The molecule has 0 radical (unpaired) electrons. The second-order valence-corrected chi connectivity index (χ2v) is 5.43. The van der Waals surface area contributed by atoms with Gasteiger partial charge in [0.1, 0.15) is 5.82 Å². The number of thiazole rings is 1. The molecule has 0 saturated carbocycles. The van der Waals surface area contributed by atoms with E-state index in [0.717, 1.165) is 30.1 Å². The van der Waals surface area contributed by atoms with E-state index in [-0.39, 0.29) is 5.82 Å². The zero-order valence-electron chi connectivity index (χ0n) is 9.12. The van der Waals surface area contributed by atoms with Crippen LogP contribution in [0.25, 0.3) is 0 Å². The minimum Gasteiger partial charge on any atom is -0.312 e. The number of halogens is 2. The van der Waals surface area contributed by atoms with E-state index in [2.05, 4.69) is 26.2 Å². The van der Waals surface area contributed by atoms with E-state index in [1.165, 1.54) is 6.07 Å². The number of hydrogen-bond acceptors (Lipinski definition) is 3. The van der Waals surface area contributed by atoms with Crippen LogP contribution in [0.1, 0.15) is 10.6 Å². The standard InChI is InChI=1S/C12H12BrFN2S/c13-10-7-9(1-2-11(10)14)8-15-4-3-12-16-5-6-17-12/h1-2,5-7,15H,3-4,8H2. The van der Waals surface area contributed by atoms with Gasteiger partial charge in [-0.3, -0.25) is 0 Å². The summed E-state index contributed by atoms with van der Waals surface area (Å²) in [6.45, 7) is 1.62. The van der Waals surface area contributed by atoms with E-state index in [9.17, 15) is 4.39 Å². The normalized spacial score (nSPS) is 10.7. The van der Waals surface area contributed by atoms with Crippen molar-refractivity contribution in [2.75, 3.05) is 6.54 Å². The van der Waals surface area contributed by atoms with E-state index in [4.69, 9.17) is 0 Å². The quantitative estimate of drug-likeness (QED) is 0.856. The predicted octanol–water partition coefficient (Wildman–Crippen LogP) is 3.38. The molecule has 0 spiro atoms. The molecule has 0 amide bonds. The van der Waals surface area contributed by atoms with Crippen molar-refractivity contribution < 1.29 is 4.39 Å². The summed E-state index contributed by atoms with van der Waals surface area (Å²) in [4.78, 5) is 4.21. The number of aromatic nitrogens is 1. The first-order valence-corrected chi connectivity index (χ1v) is 6.96. The molecular formula is C12H12BrFN2S.